The molecule has 2 unspecified atom stereocenters. The first-order valence-corrected chi connectivity index (χ1v) is 5.70. The summed E-state index contributed by atoms with van der Waals surface area (Å²) >= 11 is 0. The molecule has 1 aliphatic rings. The number of nitro groups is 1. The van der Waals surface area contributed by atoms with Gasteiger partial charge in [0.25, 0.3) is 5.69 Å². The summed E-state index contributed by atoms with van der Waals surface area (Å²) in [7, 11) is 1.84. The van der Waals surface area contributed by atoms with Crippen LogP contribution in [0, 0.1) is 10.1 Å². The van der Waals surface area contributed by atoms with Gasteiger partial charge in [-0.15, -0.1) is 0 Å². The van der Waals surface area contributed by atoms with E-state index in [0.29, 0.717) is 0 Å². The van der Waals surface area contributed by atoms with E-state index in [0.717, 1.165) is 16.3 Å². The molecule has 1 N–H and O–H groups in total. The van der Waals surface area contributed by atoms with Crippen molar-refractivity contribution in [2.75, 3.05) is 7.05 Å². The summed E-state index contributed by atoms with van der Waals surface area (Å²) in [4.78, 5) is 10.4. The van der Waals surface area contributed by atoms with E-state index < -0.39 is 0 Å². The van der Waals surface area contributed by atoms with Crippen LogP contribution >= 0.6 is 0 Å². The number of nitrogens with zero attached hydrogens (tertiary/aromatic N) is 1. The lowest BCUT2D eigenvalue weighted by molar-refractivity contribution is -0.384. The van der Waals surface area contributed by atoms with Crippen molar-refractivity contribution in [2.24, 2.45) is 0 Å². The monoisotopic (exact) mass is 244 g/mol. The maximum absolute atomic E-state index is 10.7. The van der Waals surface area contributed by atoms with Gasteiger partial charge in [-0.3, -0.25) is 15.4 Å². The maximum atomic E-state index is 10.7. The molecule has 1 heterocycles. The molecule has 0 radical (unpaired) electrons. The highest BCUT2D eigenvalue weighted by Crippen LogP contribution is 2.37. The van der Waals surface area contributed by atoms with Crippen molar-refractivity contribution in [3.8, 4) is 0 Å². The van der Waals surface area contributed by atoms with Gasteiger partial charge in [-0.05, 0) is 35.5 Å². The molecule has 0 saturated carbocycles. The Hall–Kier alpha value is -1.98. The first-order chi connectivity index (χ1) is 8.69. The van der Waals surface area contributed by atoms with Gasteiger partial charge in [-0.2, -0.15) is 0 Å². The lowest BCUT2D eigenvalue weighted by Gasteiger charge is -2.01. The molecule has 0 aromatic heterocycles. The Kier molecular flexibility index (Phi) is 2.50. The largest absolute Gasteiger partial charge is 0.348 e. The van der Waals surface area contributed by atoms with Crippen LogP contribution in [0.2, 0.25) is 0 Å². The number of epoxide rings is 1. The Morgan fingerprint density at radius 2 is 2.00 bits per heavy atom. The van der Waals surface area contributed by atoms with E-state index in [9.17, 15) is 10.1 Å². The maximum Gasteiger partial charge on any atom is 0.270 e. The highest BCUT2D eigenvalue weighted by atomic mass is 16.6. The Bertz CT molecular complexity index is 627. The predicted octanol–water partition coefficient (Wildman–Crippen LogP) is 2.36. The molecular weight excluding hydrogens is 232 g/mol. The number of ether oxygens (including phenoxy) is 1. The standard InChI is InChI=1S/C13H12N2O3/c1-14-13-12(18-13)9-3-2-8-4-5-11(15(16)17)7-10(8)6-9/h2-7,12-14H,1H3. The first-order valence-electron chi connectivity index (χ1n) is 5.70. The van der Waals surface area contributed by atoms with Gasteiger partial charge in [-0.1, -0.05) is 12.1 Å². The molecule has 0 amide bonds. The smallest absolute Gasteiger partial charge is 0.270 e. The summed E-state index contributed by atoms with van der Waals surface area (Å²) in [5, 5.41) is 15.6. The van der Waals surface area contributed by atoms with Gasteiger partial charge in [0.1, 0.15) is 12.3 Å². The molecule has 2 aromatic carbocycles. The van der Waals surface area contributed by atoms with Crippen LogP contribution in [0.5, 0.6) is 0 Å². The number of nitrogens with one attached hydrogen (secondary N) is 1. The molecule has 5 heteroatoms. The summed E-state index contributed by atoms with van der Waals surface area (Å²) in [5.74, 6) is 0. The molecule has 2 aromatic rings. The SMILES string of the molecule is CNC1OC1c1ccc2ccc([N+](=O)[O-])cc2c1. The average molecular weight is 244 g/mol. The third kappa shape index (κ3) is 1.83. The summed E-state index contributed by atoms with van der Waals surface area (Å²) in [6.45, 7) is 0. The molecule has 5 nitrogen and oxygen atoms in total. The van der Waals surface area contributed by atoms with E-state index in [4.69, 9.17) is 4.74 Å². The topological polar surface area (TPSA) is 67.7 Å². The van der Waals surface area contributed by atoms with E-state index in [-0.39, 0.29) is 22.9 Å². The van der Waals surface area contributed by atoms with Gasteiger partial charge >= 0.3 is 0 Å². The molecule has 18 heavy (non-hydrogen) atoms. The van der Waals surface area contributed by atoms with Crippen molar-refractivity contribution in [3.63, 3.8) is 0 Å². The molecule has 1 aliphatic heterocycles. The zero-order chi connectivity index (χ0) is 12.7. The first kappa shape index (κ1) is 11.1. The number of nitro benzene ring substituents is 1. The van der Waals surface area contributed by atoms with Gasteiger partial charge in [0.2, 0.25) is 0 Å². The summed E-state index contributed by atoms with van der Waals surface area (Å²) in [6.07, 6.45) is 0.111. The van der Waals surface area contributed by atoms with Gasteiger partial charge in [0.15, 0.2) is 0 Å². The van der Waals surface area contributed by atoms with Crippen molar-refractivity contribution in [1.82, 2.24) is 5.32 Å². The van der Waals surface area contributed by atoms with Crippen molar-refractivity contribution in [3.05, 3.63) is 52.1 Å². The molecule has 2 atom stereocenters. The molecule has 3 rings (SSSR count). The van der Waals surface area contributed by atoms with Crippen molar-refractivity contribution in [2.45, 2.75) is 12.3 Å². The zero-order valence-corrected chi connectivity index (χ0v) is 9.79. The van der Waals surface area contributed by atoms with Gasteiger partial charge in [0.05, 0.1) is 4.92 Å². The van der Waals surface area contributed by atoms with Crippen molar-refractivity contribution >= 4 is 16.5 Å². The fraction of sp³-hybridized carbons (Fsp3) is 0.231. The van der Waals surface area contributed by atoms with Crippen molar-refractivity contribution < 1.29 is 9.66 Å². The number of rotatable bonds is 3. The van der Waals surface area contributed by atoms with E-state index in [1.165, 1.54) is 6.07 Å². The van der Waals surface area contributed by atoms with Gasteiger partial charge < -0.3 is 4.74 Å². The predicted molar refractivity (Wildman–Crippen MR) is 67.3 cm³/mol. The van der Waals surface area contributed by atoms with E-state index in [2.05, 4.69) is 5.32 Å². The van der Waals surface area contributed by atoms with Crippen LogP contribution in [0.25, 0.3) is 10.8 Å². The minimum Gasteiger partial charge on any atom is -0.348 e. The average Bonchev–Trinajstić information content (AvgIpc) is 3.16. The second kappa shape index (κ2) is 4.04. The third-order valence-corrected chi connectivity index (χ3v) is 3.16. The van der Waals surface area contributed by atoms with Crippen LogP contribution in [-0.4, -0.2) is 18.2 Å². The van der Waals surface area contributed by atoms with E-state index in [1.54, 1.807) is 12.1 Å². The number of non-ortho nitro benzene ring substituents is 1. The molecule has 1 fully saturated rings. The van der Waals surface area contributed by atoms with Gasteiger partial charge in [-0.25, -0.2) is 0 Å². The second-order valence-electron chi connectivity index (χ2n) is 4.31. The lowest BCUT2D eigenvalue weighted by atomic mass is 10.0. The lowest BCUT2D eigenvalue weighted by Crippen LogP contribution is -2.10. The second-order valence-corrected chi connectivity index (χ2v) is 4.31. The van der Waals surface area contributed by atoms with Crippen LogP contribution in [0.4, 0.5) is 5.69 Å². The van der Waals surface area contributed by atoms with Crippen LogP contribution in [-0.2, 0) is 4.74 Å². The molecule has 0 bridgehead atoms. The third-order valence-electron chi connectivity index (χ3n) is 3.16. The molecular formula is C13H12N2O3. The number of hydrogen-bond donors (Lipinski definition) is 1. The number of benzene rings is 2. The molecule has 92 valence electrons. The highest BCUT2D eigenvalue weighted by molar-refractivity contribution is 5.85. The van der Waals surface area contributed by atoms with Crippen LogP contribution in [0.3, 0.4) is 0 Å². The van der Waals surface area contributed by atoms with E-state index >= 15 is 0 Å². The fourth-order valence-corrected chi connectivity index (χ4v) is 2.13. The Morgan fingerprint density at radius 1 is 1.22 bits per heavy atom. The Balaban J connectivity index is 2.02. The number of hydrogen-bond acceptors (Lipinski definition) is 4. The highest BCUT2D eigenvalue weighted by Gasteiger charge is 2.38. The van der Waals surface area contributed by atoms with Crippen LogP contribution in [0.1, 0.15) is 11.7 Å². The number of likely N-dealkylation sites (N-methyl/N-ethyl adjacent to an activating group) is 1. The molecule has 0 spiro atoms. The minimum atomic E-state index is -0.379. The summed E-state index contributed by atoms with van der Waals surface area (Å²) < 4.78 is 5.43. The summed E-state index contributed by atoms with van der Waals surface area (Å²) in [5.41, 5.74) is 1.16. The van der Waals surface area contributed by atoms with Crippen LogP contribution < -0.4 is 5.32 Å². The minimum absolute atomic E-state index is 0.0543. The molecule has 1 saturated heterocycles. The zero-order valence-electron chi connectivity index (χ0n) is 9.79. The summed E-state index contributed by atoms with van der Waals surface area (Å²) in [6, 6.07) is 10.8. The Labute approximate surface area is 104 Å². The fourth-order valence-electron chi connectivity index (χ4n) is 2.13. The van der Waals surface area contributed by atoms with Gasteiger partial charge in [0, 0.05) is 12.1 Å². The number of fused-ring (bicyclic) bond motifs is 1. The quantitative estimate of drug-likeness (QED) is 0.511. The molecule has 0 aliphatic carbocycles. The Morgan fingerprint density at radius 3 is 2.67 bits per heavy atom. The van der Waals surface area contributed by atoms with E-state index in [1.807, 2.05) is 25.2 Å². The van der Waals surface area contributed by atoms with Crippen LogP contribution in [0.15, 0.2) is 36.4 Å². The normalized spacial score (nSPS) is 22.1. The van der Waals surface area contributed by atoms with Crippen molar-refractivity contribution in [1.29, 1.82) is 0 Å².